The Bertz CT molecular complexity index is 585. The second kappa shape index (κ2) is 6.91. The van der Waals surface area contributed by atoms with Crippen molar-refractivity contribution in [3.8, 4) is 5.19 Å². The summed E-state index contributed by atoms with van der Waals surface area (Å²) < 4.78 is 5.25. The van der Waals surface area contributed by atoms with Crippen molar-refractivity contribution >= 4 is 23.2 Å². The van der Waals surface area contributed by atoms with E-state index >= 15 is 0 Å². The molecule has 0 aliphatic carbocycles. The minimum atomic E-state index is -0.496. The average Bonchev–Trinajstić information content (AvgIpc) is 2.74. The standard InChI is InChI=1S/C15H23N3O3S/c1-10-12(11(19)8-9-17(5)6)22-13(16-10)21-14(20)18(7)15(2,3)4/h8-9H,1-7H3. The van der Waals surface area contributed by atoms with E-state index in [1.165, 1.54) is 11.0 Å². The fourth-order valence-electron chi connectivity index (χ4n) is 1.35. The lowest BCUT2D eigenvalue weighted by molar-refractivity contribution is 0.104. The molecule has 0 atom stereocenters. The molecule has 6 nitrogen and oxygen atoms in total. The van der Waals surface area contributed by atoms with Gasteiger partial charge in [0.05, 0.1) is 5.69 Å². The summed E-state index contributed by atoms with van der Waals surface area (Å²) in [6, 6.07) is 0. The molecule has 0 N–H and O–H groups in total. The Hall–Kier alpha value is -1.89. The van der Waals surface area contributed by atoms with Crippen molar-refractivity contribution in [2.24, 2.45) is 0 Å². The van der Waals surface area contributed by atoms with Crippen LogP contribution in [0.25, 0.3) is 0 Å². The summed E-state index contributed by atoms with van der Waals surface area (Å²) in [5.74, 6) is -0.157. The van der Waals surface area contributed by atoms with E-state index in [2.05, 4.69) is 4.98 Å². The largest absolute Gasteiger partial charge is 0.417 e. The van der Waals surface area contributed by atoms with Crippen molar-refractivity contribution in [1.29, 1.82) is 0 Å². The minimum Gasteiger partial charge on any atom is -0.383 e. The molecule has 0 unspecified atom stereocenters. The fraction of sp³-hybridized carbons (Fsp3) is 0.533. The number of hydrogen-bond acceptors (Lipinski definition) is 6. The van der Waals surface area contributed by atoms with Crippen LogP contribution in [0.5, 0.6) is 5.19 Å². The maximum Gasteiger partial charge on any atom is 0.417 e. The number of amides is 1. The Labute approximate surface area is 135 Å². The molecule has 0 bridgehead atoms. The van der Waals surface area contributed by atoms with Gasteiger partial charge in [-0.2, -0.15) is 0 Å². The van der Waals surface area contributed by atoms with Crippen molar-refractivity contribution < 1.29 is 14.3 Å². The summed E-state index contributed by atoms with van der Waals surface area (Å²) in [5.41, 5.74) is 0.204. The second-order valence-electron chi connectivity index (χ2n) is 6.14. The number of ether oxygens (including phenoxy) is 1. The Balaban J connectivity index is 2.86. The zero-order valence-electron chi connectivity index (χ0n) is 14.1. The van der Waals surface area contributed by atoms with E-state index in [0.717, 1.165) is 11.3 Å². The smallest absolute Gasteiger partial charge is 0.383 e. The molecule has 7 heteroatoms. The van der Waals surface area contributed by atoms with E-state index in [9.17, 15) is 9.59 Å². The first-order chi connectivity index (χ1) is 10.0. The van der Waals surface area contributed by atoms with Gasteiger partial charge in [0.15, 0.2) is 5.78 Å². The summed E-state index contributed by atoms with van der Waals surface area (Å²) in [7, 11) is 5.33. The normalized spacial score (nSPS) is 11.6. The highest BCUT2D eigenvalue weighted by atomic mass is 32.1. The first-order valence-corrected chi connectivity index (χ1v) is 7.66. The lowest BCUT2D eigenvalue weighted by Gasteiger charge is -2.30. The van der Waals surface area contributed by atoms with Gasteiger partial charge in [0.2, 0.25) is 0 Å². The third kappa shape index (κ3) is 4.84. The number of rotatable bonds is 4. The lowest BCUT2D eigenvalue weighted by atomic mass is 10.1. The number of aromatic nitrogens is 1. The summed E-state index contributed by atoms with van der Waals surface area (Å²) in [5, 5.41) is 0.181. The number of allylic oxidation sites excluding steroid dienone is 1. The highest BCUT2D eigenvalue weighted by Gasteiger charge is 2.25. The average molecular weight is 325 g/mol. The van der Waals surface area contributed by atoms with Crippen LogP contribution >= 0.6 is 11.3 Å². The monoisotopic (exact) mass is 325 g/mol. The quantitative estimate of drug-likeness (QED) is 0.629. The molecular weight excluding hydrogens is 302 g/mol. The number of ketones is 1. The van der Waals surface area contributed by atoms with Crippen molar-refractivity contribution in [3.63, 3.8) is 0 Å². The van der Waals surface area contributed by atoms with Crippen molar-refractivity contribution in [2.75, 3.05) is 21.1 Å². The molecule has 1 amide bonds. The number of nitrogens with zero attached hydrogens (tertiary/aromatic N) is 3. The van der Waals surface area contributed by atoms with Crippen LogP contribution < -0.4 is 4.74 Å². The maximum atomic E-state index is 12.1. The van der Waals surface area contributed by atoms with Gasteiger partial charge in [-0.15, -0.1) is 0 Å². The molecule has 22 heavy (non-hydrogen) atoms. The van der Waals surface area contributed by atoms with Crippen molar-refractivity contribution in [3.05, 3.63) is 22.8 Å². The lowest BCUT2D eigenvalue weighted by Crippen LogP contribution is -2.44. The molecule has 0 spiro atoms. The van der Waals surface area contributed by atoms with Crippen LogP contribution in [0.1, 0.15) is 36.1 Å². The summed E-state index contributed by atoms with van der Waals surface area (Å²) in [6.07, 6.45) is 2.64. The summed E-state index contributed by atoms with van der Waals surface area (Å²) >= 11 is 1.08. The molecular formula is C15H23N3O3S. The van der Waals surface area contributed by atoms with E-state index in [-0.39, 0.29) is 16.5 Å². The van der Waals surface area contributed by atoms with Gasteiger partial charge in [0.1, 0.15) is 4.88 Å². The highest BCUT2D eigenvalue weighted by Crippen LogP contribution is 2.26. The van der Waals surface area contributed by atoms with Gasteiger partial charge in [-0.05, 0) is 27.7 Å². The topological polar surface area (TPSA) is 62.7 Å². The SMILES string of the molecule is Cc1nc(OC(=O)N(C)C(C)(C)C)sc1C(=O)C=CN(C)C. The van der Waals surface area contributed by atoms with E-state index in [1.807, 2.05) is 34.9 Å². The first-order valence-electron chi connectivity index (χ1n) is 6.84. The van der Waals surface area contributed by atoms with Gasteiger partial charge in [-0.1, -0.05) is 11.3 Å². The number of carbonyl (C=O) groups excluding carboxylic acids is 2. The molecule has 1 heterocycles. The van der Waals surface area contributed by atoms with Crippen LogP contribution in [0, 0.1) is 6.92 Å². The third-order valence-electron chi connectivity index (χ3n) is 2.98. The molecule has 0 saturated heterocycles. The zero-order valence-corrected chi connectivity index (χ0v) is 14.9. The van der Waals surface area contributed by atoms with Gasteiger partial charge in [-0.25, -0.2) is 9.78 Å². The maximum absolute atomic E-state index is 12.1. The van der Waals surface area contributed by atoms with E-state index in [0.29, 0.717) is 10.6 Å². The molecule has 0 aromatic carbocycles. The zero-order chi connectivity index (χ0) is 17.1. The van der Waals surface area contributed by atoms with Gasteiger partial charge in [0, 0.05) is 39.0 Å². The Morgan fingerprint density at radius 2 is 1.82 bits per heavy atom. The second-order valence-corrected chi connectivity index (χ2v) is 7.10. The van der Waals surface area contributed by atoms with Gasteiger partial charge >= 0.3 is 6.09 Å². The first kappa shape index (κ1) is 18.2. The van der Waals surface area contributed by atoms with E-state index < -0.39 is 6.09 Å². The number of aryl methyl sites for hydroxylation is 1. The van der Waals surface area contributed by atoms with E-state index in [1.54, 1.807) is 25.1 Å². The Kier molecular flexibility index (Phi) is 5.71. The summed E-state index contributed by atoms with van der Waals surface area (Å²) in [4.78, 5) is 32.0. The van der Waals surface area contributed by atoms with Crippen molar-refractivity contribution in [1.82, 2.24) is 14.8 Å². The Morgan fingerprint density at radius 1 is 1.23 bits per heavy atom. The predicted octanol–water partition coefficient (Wildman–Crippen LogP) is 2.94. The van der Waals surface area contributed by atoms with Crippen LogP contribution in [-0.4, -0.2) is 53.3 Å². The molecule has 1 aromatic heterocycles. The third-order valence-corrected chi connectivity index (χ3v) is 4.03. The number of thiazole rings is 1. The molecule has 1 rings (SSSR count). The molecule has 1 aromatic rings. The van der Waals surface area contributed by atoms with Gasteiger partial charge in [0.25, 0.3) is 5.19 Å². The van der Waals surface area contributed by atoms with Crippen LogP contribution in [0.3, 0.4) is 0 Å². The molecule has 0 aliphatic rings. The predicted molar refractivity (Wildman–Crippen MR) is 87.5 cm³/mol. The minimum absolute atomic E-state index is 0.157. The molecule has 0 radical (unpaired) electrons. The molecule has 0 aliphatic heterocycles. The molecule has 0 fully saturated rings. The van der Waals surface area contributed by atoms with Gasteiger partial charge < -0.3 is 14.5 Å². The van der Waals surface area contributed by atoms with Crippen LogP contribution in [0.2, 0.25) is 0 Å². The summed E-state index contributed by atoms with van der Waals surface area (Å²) in [6.45, 7) is 7.44. The highest BCUT2D eigenvalue weighted by molar-refractivity contribution is 7.15. The van der Waals surface area contributed by atoms with Crippen LogP contribution in [-0.2, 0) is 0 Å². The van der Waals surface area contributed by atoms with Crippen LogP contribution in [0.4, 0.5) is 4.79 Å². The van der Waals surface area contributed by atoms with E-state index in [4.69, 9.17) is 4.74 Å². The van der Waals surface area contributed by atoms with Crippen LogP contribution in [0.15, 0.2) is 12.3 Å². The molecule has 0 saturated carbocycles. The number of hydrogen-bond donors (Lipinski definition) is 0. The fourth-order valence-corrected chi connectivity index (χ4v) is 2.19. The van der Waals surface area contributed by atoms with Crippen molar-refractivity contribution in [2.45, 2.75) is 33.2 Å². The Morgan fingerprint density at radius 3 is 2.32 bits per heavy atom. The molecule has 122 valence electrons. The number of carbonyl (C=O) groups is 2. The van der Waals surface area contributed by atoms with Gasteiger partial charge in [-0.3, -0.25) is 4.79 Å².